The molecule has 2 aliphatic heterocycles. The molecule has 11 heteroatoms. The van der Waals surface area contributed by atoms with Gasteiger partial charge in [0.15, 0.2) is 5.75 Å². The molecule has 0 bridgehead atoms. The van der Waals surface area contributed by atoms with Crippen molar-refractivity contribution in [3.8, 4) is 5.75 Å². The number of halogens is 3. The van der Waals surface area contributed by atoms with Gasteiger partial charge in [-0.05, 0) is 31.2 Å². The van der Waals surface area contributed by atoms with Gasteiger partial charge in [-0.1, -0.05) is 24.0 Å². The molecule has 0 saturated carbocycles. The molecule has 0 atom stereocenters. The second-order valence-corrected chi connectivity index (χ2v) is 7.39. The number of carboxylic acid groups (broad SMARTS) is 1. The molecule has 1 aromatic carbocycles. The van der Waals surface area contributed by atoms with Gasteiger partial charge in [0.1, 0.15) is 10.9 Å². The van der Waals surface area contributed by atoms with Gasteiger partial charge in [-0.3, -0.25) is 14.5 Å². The number of carbonyl (C=O) groups is 2. The van der Waals surface area contributed by atoms with Gasteiger partial charge in [0.2, 0.25) is 5.88 Å². The summed E-state index contributed by atoms with van der Waals surface area (Å²) in [4.78, 5) is 25.8. The Bertz CT molecular complexity index is 927. The number of fused-ring (bicyclic) bond motifs is 1. The lowest BCUT2D eigenvalue weighted by atomic mass is 10.1. The molecule has 2 heterocycles. The Morgan fingerprint density at radius 1 is 1.32 bits per heavy atom. The van der Waals surface area contributed by atoms with E-state index in [2.05, 4.69) is 0 Å². The number of alkyl halides is 3. The van der Waals surface area contributed by atoms with Crippen molar-refractivity contribution >= 4 is 45.9 Å². The maximum absolute atomic E-state index is 13.0. The lowest BCUT2D eigenvalue weighted by molar-refractivity contribution is -0.140. The average molecular weight is 430 g/mol. The van der Waals surface area contributed by atoms with Crippen molar-refractivity contribution in [2.45, 2.75) is 13.1 Å². The summed E-state index contributed by atoms with van der Waals surface area (Å²) in [7, 11) is 0. The highest BCUT2D eigenvalue weighted by molar-refractivity contribution is 8.26. The van der Waals surface area contributed by atoms with Crippen LogP contribution in [0.2, 0.25) is 0 Å². The van der Waals surface area contributed by atoms with E-state index < -0.39 is 30.2 Å². The minimum atomic E-state index is -4.47. The van der Waals surface area contributed by atoms with Crippen molar-refractivity contribution in [3.05, 3.63) is 46.7 Å². The zero-order chi connectivity index (χ0) is 20.6. The second-order valence-electron chi connectivity index (χ2n) is 5.72. The van der Waals surface area contributed by atoms with Crippen LogP contribution in [0.5, 0.6) is 5.75 Å². The Kier molecular flexibility index (Phi) is 5.39. The van der Waals surface area contributed by atoms with Crippen LogP contribution in [0.3, 0.4) is 0 Å². The van der Waals surface area contributed by atoms with Crippen LogP contribution in [0.4, 0.5) is 18.9 Å². The fraction of sp³-hybridized carbons (Fsp3) is 0.235. The van der Waals surface area contributed by atoms with E-state index >= 15 is 0 Å². The molecule has 148 valence electrons. The van der Waals surface area contributed by atoms with Crippen molar-refractivity contribution in [2.24, 2.45) is 0 Å². The van der Waals surface area contributed by atoms with Crippen molar-refractivity contribution in [2.75, 3.05) is 18.0 Å². The lowest BCUT2D eigenvalue weighted by Gasteiger charge is -2.16. The molecule has 2 aliphatic rings. The molecular weight excluding hydrogens is 417 g/mol. The van der Waals surface area contributed by atoms with E-state index in [1.807, 2.05) is 0 Å². The van der Waals surface area contributed by atoms with Crippen molar-refractivity contribution in [1.29, 1.82) is 0 Å². The monoisotopic (exact) mass is 430 g/mol. The van der Waals surface area contributed by atoms with Gasteiger partial charge in [0.25, 0.3) is 5.91 Å². The van der Waals surface area contributed by atoms with Crippen LogP contribution in [0, 0.1) is 0 Å². The van der Waals surface area contributed by atoms with Gasteiger partial charge >= 0.3 is 12.1 Å². The number of hydrogen-bond acceptors (Lipinski definition) is 6. The number of rotatable bonds is 4. The van der Waals surface area contributed by atoms with Crippen molar-refractivity contribution in [1.82, 2.24) is 4.90 Å². The zero-order valence-corrected chi connectivity index (χ0v) is 16.0. The van der Waals surface area contributed by atoms with Gasteiger partial charge in [0, 0.05) is 12.6 Å². The number of carbonyl (C=O) groups excluding carboxylic acids is 1. The SMILES string of the molecule is CCN1/C(=C/C=C2/SC(=S)N(CC(=O)O)C2=O)Oc2ccc(C(F)(F)F)cc21. The molecule has 6 nitrogen and oxygen atoms in total. The van der Waals surface area contributed by atoms with E-state index in [1.165, 1.54) is 18.2 Å². The maximum Gasteiger partial charge on any atom is 0.416 e. The Morgan fingerprint density at radius 2 is 2.04 bits per heavy atom. The largest absolute Gasteiger partial charge is 0.480 e. The molecule has 1 amide bonds. The molecule has 0 aliphatic carbocycles. The molecule has 1 N–H and O–H groups in total. The normalized spacial score (nSPS) is 19.6. The number of aliphatic carboxylic acids is 1. The predicted molar refractivity (Wildman–Crippen MR) is 101 cm³/mol. The predicted octanol–water partition coefficient (Wildman–Crippen LogP) is 3.59. The molecule has 1 aromatic rings. The smallest absolute Gasteiger partial charge is 0.416 e. The van der Waals surface area contributed by atoms with Crippen molar-refractivity contribution in [3.63, 3.8) is 0 Å². The molecule has 1 fully saturated rings. The van der Waals surface area contributed by atoms with Crippen molar-refractivity contribution < 1.29 is 32.6 Å². The molecular formula is C17H13F3N2O4S2. The Morgan fingerprint density at radius 3 is 2.64 bits per heavy atom. The van der Waals surface area contributed by atoms with E-state index in [1.54, 1.807) is 11.8 Å². The molecule has 0 aromatic heterocycles. The van der Waals surface area contributed by atoms with Gasteiger partial charge in [-0.25, -0.2) is 0 Å². The lowest BCUT2D eigenvalue weighted by Crippen LogP contribution is -2.33. The van der Waals surface area contributed by atoms with Crippen LogP contribution in [0.1, 0.15) is 12.5 Å². The Hall–Kier alpha value is -2.53. The summed E-state index contributed by atoms with van der Waals surface area (Å²) in [5, 5.41) is 8.84. The number of amides is 1. The number of thioether (sulfide) groups is 1. The molecule has 28 heavy (non-hydrogen) atoms. The van der Waals surface area contributed by atoms with E-state index in [-0.39, 0.29) is 26.5 Å². The van der Waals surface area contributed by atoms with E-state index in [9.17, 15) is 22.8 Å². The third-order valence-electron chi connectivity index (χ3n) is 3.92. The summed E-state index contributed by atoms with van der Waals surface area (Å²) in [6, 6.07) is 3.19. The molecule has 0 spiro atoms. The number of carboxylic acids is 1. The summed E-state index contributed by atoms with van der Waals surface area (Å²) < 4.78 is 44.6. The molecule has 0 radical (unpaired) electrons. The third kappa shape index (κ3) is 3.85. The van der Waals surface area contributed by atoms with Crippen LogP contribution in [0.15, 0.2) is 41.1 Å². The summed E-state index contributed by atoms with van der Waals surface area (Å²) in [5.74, 6) is -1.22. The highest BCUT2D eigenvalue weighted by Crippen LogP contribution is 2.43. The van der Waals surface area contributed by atoms with Gasteiger partial charge in [-0.2, -0.15) is 13.2 Å². The van der Waals surface area contributed by atoms with Gasteiger partial charge < -0.3 is 14.7 Å². The quantitative estimate of drug-likeness (QED) is 0.578. The van der Waals surface area contributed by atoms with E-state index in [4.69, 9.17) is 22.1 Å². The maximum atomic E-state index is 13.0. The first kappa shape index (κ1) is 20.2. The summed E-state index contributed by atoms with van der Waals surface area (Å²) in [6.45, 7) is 1.55. The fourth-order valence-corrected chi connectivity index (χ4v) is 3.86. The number of hydrogen-bond donors (Lipinski definition) is 1. The molecule has 1 saturated heterocycles. The third-order valence-corrected chi connectivity index (χ3v) is 5.31. The average Bonchev–Trinajstić information content (AvgIpc) is 3.09. The second kappa shape index (κ2) is 7.47. The minimum absolute atomic E-state index is 0.120. The standard InChI is InChI=1S/C17H13F3N2O4S2/c1-2-21-10-7-9(17(18,19)20)3-4-11(10)26-13(21)6-5-12-15(25)22(8-14(23)24)16(27)28-12/h3-7H,2,8H2,1H3,(H,23,24)/b12-5+,13-6-. The minimum Gasteiger partial charge on any atom is -0.480 e. The summed E-state index contributed by atoms with van der Waals surface area (Å²) in [5.41, 5.74) is -0.514. The number of anilines is 1. The number of ether oxygens (including phenoxy) is 1. The van der Waals surface area contributed by atoms with E-state index in [0.717, 1.165) is 28.8 Å². The van der Waals surface area contributed by atoms with E-state index in [0.29, 0.717) is 6.54 Å². The van der Waals surface area contributed by atoms with Crippen LogP contribution in [0.25, 0.3) is 0 Å². The zero-order valence-electron chi connectivity index (χ0n) is 14.3. The number of benzene rings is 1. The Balaban J connectivity index is 1.87. The first-order valence-corrected chi connectivity index (χ1v) is 9.18. The Labute approximate surface area is 167 Å². The van der Waals surface area contributed by atoms with Gasteiger partial charge in [0.05, 0.1) is 16.2 Å². The van der Waals surface area contributed by atoms with Crippen LogP contribution >= 0.6 is 24.0 Å². The summed E-state index contributed by atoms with van der Waals surface area (Å²) in [6.07, 6.45) is -1.61. The number of nitrogens with zero attached hydrogens (tertiary/aromatic N) is 2. The first-order valence-electron chi connectivity index (χ1n) is 7.96. The fourth-order valence-electron chi connectivity index (χ4n) is 2.66. The molecule has 0 unspecified atom stereocenters. The number of thiocarbonyl (C=S) groups is 1. The van der Waals surface area contributed by atoms with Gasteiger partial charge in [-0.15, -0.1) is 0 Å². The highest BCUT2D eigenvalue weighted by atomic mass is 32.2. The molecule has 3 rings (SSSR count). The van der Waals surface area contributed by atoms with Crippen LogP contribution < -0.4 is 9.64 Å². The first-order chi connectivity index (χ1) is 13.1. The topological polar surface area (TPSA) is 70.1 Å². The summed E-state index contributed by atoms with van der Waals surface area (Å²) >= 11 is 5.95. The number of allylic oxidation sites excluding steroid dienone is 2. The van der Waals surface area contributed by atoms with Crippen LogP contribution in [-0.4, -0.2) is 39.3 Å². The highest BCUT2D eigenvalue weighted by Gasteiger charge is 2.35. The van der Waals surface area contributed by atoms with Crippen LogP contribution in [-0.2, 0) is 15.8 Å².